The van der Waals surface area contributed by atoms with E-state index in [2.05, 4.69) is 10.6 Å². The Hall–Kier alpha value is -1.79. The highest BCUT2D eigenvalue weighted by molar-refractivity contribution is 5.69. The SMILES string of the molecule is C1CNCCN1.CCC(CCc1ccc(OC)c(OC)c1)C(=O)O. The molecule has 3 N–H and O–H groups in total. The Bertz CT molecular complexity index is 478. The van der Waals surface area contributed by atoms with Crippen LogP contribution in [0.15, 0.2) is 18.2 Å². The zero-order chi connectivity index (χ0) is 17.8. The molecule has 1 fully saturated rings. The molecule has 136 valence electrons. The van der Waals surface area contributed by atoms with Gasteiger partial charge in [0.25, 0.3) is 0 Å². The van der Waals surface area contributed by atoms with Crippen molar-refractivity contribution < 1.29 is 19.4 Å². The minimum atomic E-state index is -0.724. The van der Waals surface area contributed by atoms with Gasteiger partial charge in [-0.05, 0) is 37.0 Å². The molecule has 1 aromatic rings. The zero-order valence-electron chi connectivity index (χ0n) is 14.9. The van der Waals surface area contributed by atoms with Crippen molar-refractivity contribution in [3.63, 3.8) is 0 Å². The lowest BCUT2D eigenvalue weighted by molar-refractivity contribution is -0.142. The van der Waals surface area contributed by atoms with E-state index in [4.69, 9.17) is 14.6 Å². The largest absolute Gasteiger partial charge is 0.493 e. The van der Waals surface area contributed by atoms with Gasteiger partial charge in [0.15, 0.2) is 11.5 Å². The van der Waals surface area contributed by atoms with Crippen molar-refractivity contribution in [2.45, 2.75) is 26.2 Å². The number of carboxylic acid groups (broad SMARTS) is 1. The Balaban J connectivity index is 0.000000400. The quantitative estimate of drug-likeness (QED) is 0.705. The van der Waals surface area contributed by atoms with Gasteiger partial charge in [0.2, 0.25) is 0 Å². The first kappa shape index (κ1) is 20.3. The van der Waals surface area contributed by atoms with E-state index in [1.165, 1.54) is 0 Å². The molecule has 1 aliphatic heterocycles. The van der Waals surface area contributed by atoms with Crippen molar-refractivity contribution in [1.29, 1.82) is 0 Å². The summed E-state index contributed by atoms with van der Waals surface area (Å²) in [7, 11) is 3.18. The summed E-state index contributed by atoms with van der Waals surface area (Å²) < 4.78 is 10.4. The lowest BCUT2D eigenvalue weighted by Gasteiger charge is -2.12. The van der Waals surface area contributed by atoms with Gasteiger partial charge in [-0.3, -0.25) is 4.79 Å². The van der Waals surface area contributed by atoms with Crippen molar-refractivity contribution in [3.8, 4) is 11.5 Å². The highest BCUT2D eigenvalue weighted by Gasteiger charge is 2.15. The monoisotopic (exact) mass is 338 g/mol. The topological polar surface area (TPSA) is 79.8 Å². The normalized spacial score (nSPS) is 15.0. The molecule has 1 aliphatic rings. The number of nitrogens with one attached hydrogen (secondary N) is 2. The van der Waals surface area contributed by atoms with Gasteiger partial charge in [0.05, 0.1) is 20.1 Å². The molecule has 0 spiro atoms. The molecular weight excluding hydrogens is 308 g/mol. The number of ether oxygens (including phenoxy) is 2. The molecule has 1 saturated heterocycles. The molecule has 1 unspecified atom stereocenters. The molecule has 0 amide bonds. The van der Waals surface area contributed by atoms with Crippen molar-refractivity contribution in [2.24, 2.45) is 5.92 Å². The maximum absolute atomic E-state index is 10.9. The van der Waals surface area contributed by atoms with Crippen molar-refractivity contribution in [3.05, 3.63) is 23.8 Å². The standard InChI is InChI=1S/C14H20O4.C4H10N2/c1-4-11(14(15)16)7-5-10-6-8-12(17-2)13(9-10)18-3;1-2-6-4-3-5-1/h6,8-9,11H,4-5,7H2,1-3H3,(H,15,16);5-6H,1-4H2. The number of methoxy groups -OCH3 is 2. The van der Waals surface area contributed by atoms with Crippen molar-refractivity contribution in [2.75, 3.05) is 40.4 Å². The van der Waals surface area contributed by atoms with E-state index in [1.54, 1.807) is 14.2 Å². The summed E-state index contributed by atoms with van der Waals surface area (Å²) >= 11 is 0. The number of carbonyl (C=O) groups is 1. The summed E-state index contributed by atoms with van der Waals surface area (Å²) in [5.74, 6) is 0.362. The molecule has 24 heavy (non-hydrogen) atoms. The highest BCUT2D eigenvalue weighted by atomic mass is 16.5. The van der Waals surface area contributed by atoms with Gasteiger partial charge in [0, 0.05) is 26.2 Å². The molecule has 0 bridgehead atoms. The summed E-state index contributed by atoms with van der Waals surface area (Å²) in [6, 6.07) is 5.68. The van der Waals surface area contributed by atoms with Crippen LogP contribution in [0.5, 0.6) is 11.5 Å². The predicted octanol–water partition coefficient (Wildman–Crippen LogP) is 1.93. The minimum absolute atomic E-state index is 0.280. The molecule has 0 aromatic heterocycles. The Labute approximate surface area is 144 Å². The van der Waals surface area contributed by atoms with Crippen LogP contribution >= 0.6 is 0 Å². The summed E-state index contributed by atoms with van der Waals surface area (Å²) in [6.45, 7) is 6.45. The van der Waals surface area contributed by atoms with Gasteiger partial charge in [0.1, 0.15) is 0 Å². The Morgan fingerprint density at radius 2 is 1.71 bits per heavy atom. The Morgan fingerprint density at radius 1 is 1.12 bits per heavy atom. The first-order valence-corrected chi connectivity index (χ1v) is 8.47. The predicted molar refractivity (Wildman–Crippen MR) is 95.0 cm³/mol. The van der Waals surface area contributed by atoms with E-state index in [0.717, 1.165) is 38.2 Å². The first-order valence-electron chi connectivity index (χ1n) is 8.47. The molecule has 0 radical (unpaired) electrons. The number of aliphatic carboxylic acids is 1. The second-order valence-electron chi connectivity index (χ2n) is 5.67. The lowest BCUT2D eigenvalue weighted by Crippen LogP contribution is -2.39. The van der Waals surface area contributed by atoms with Gasteiger partial charge < -0.3 is 25.2 Å². The minimum Gasteiger partial charge on any atom is -0.493 e. The molecule has 0 saturated carbocycles. The van der Waals surface area contributed by atoms with E-state index in [0.29, 0.717) is 24.3 Å². The van der Waals surface area contributed by atoms with Gasteiger partial charge >= 0.3 is 5.97 Å². The van der Waals surface area contributed by atoms with Crippen molar-refractivity contribution >= 4 is 5.97 Å². The van der Waals surface area contributed by atoms with Gasteiger partial charge in [-0.15, -0.1) is 0 Å². The molecule has 1 aromatic carbocycles. The zero-order valence-corrected chi connectivity index (χ0v) is 14.9. The van der Waals surface area contributed by atoms with Crippen LogP contribution in [-0.2, 0) is 11.2 Å². The van der Waals surface area contributed by atoms with E-state index in [9.17, 15) is 4.79 Å². The van der Waals surface area contributed by atoms with Gasteiger partial charge in [-0.25, -0.2) is 0 Å². The Kier molecular flexibility index (Phi) is 9.88. The summed E-state index contributed by atoms with van der Waals surface area (Å²) in [6.07, 6.45) is 2.02. The van der Waals surface area contributed by atoms with Crippen LogP contribution in [0.3, 0.4) is 0 Å². The van der Waals surface area contributed by atoms with E-state index >= 15 is 0 Å². The second-order valence-corrected chi connectivity index (χ2v) is 5.67. The fourth-order valence-electron chi connectivity index (χ4n) is 2.48. The fraction of sp³-hybridized carbons (Fsp3) is 0.611. The average molecular weight is 338 g/mol. The van der Waals surface area contributed by atoms with Crippen LogP contribution in [0.2, 0.25) is 0 Å². The number of aryl methyl sites for hydroxylation is 1. The number of carboxylic acids is 1. The number of piperazine rings is 1. The van der Waals surface area contributed by atoms with Crippen LogP contribution in [-0.4, -0.2) is 51.5 Å². The third-order valence-corrected chi connectivity index (χ3v) is 4.03. The molecule has 1 heterocycles. The number of benzene rings is 1. The molecule has 1 atom stereocenters. The fourth-order valence-corrected chi connectivity index (χ4v) is 2.48. The first-order chi connectivity index (χ1) is 11.6. The van der Waals surface area contributed by atoms with Crippen LogP contribution in [0.25, 0.3) is 0 Å². The molecular formula is C18H30N2O4. The lowest BCUT2D eigenvalue weighted by atomic mass is 9.97. The smallest absolute Gasteiger partial charge is 0.306 e. The number of hydrogen-bond acceptors (Lipinski definition) is 5. The second kappa shape index (κ2) is 11.7. The number of hydrogen-bond donors (Lipinski definition) is 3. The highest BCUT2D eigenvalue weighted by Crippen LogP contribution is 2.28. The van der Waals surface area contributed by atoms with Crippen molar-refractivity contribution in [1.82, 2.24) is 10.6 Å². The summed E-state index contributed by atoms with van der Waals surface area (Å²) in [5.41, 5.74) is 1.06. The molecule has 2 rings (SSSR count). The number of rotatable bonds is 7. The van der Waals surface area contributed by atoms with E-state index < -0.39 is 5.97 Å². The average Bonchev–Trinajstić information content (AvgIpc) is 2.63. The molecule has 6 heteroatoms. The molecule has 6 nitrogen and oxygen atoms in total. The van der Waals surface area contributed by atoms with E-state index in [1.807, 2.05) is 25.1 Å². The summed E-state index contributed by atoms with van der Waals surface area (Å²) in [4.78, 5) is 10.9. The Morgan fingerprint density at radius 3 is 2.12 bits per heavy atom. The van der Waals surface area contributed by atoms with Crippen LogP contribution in [0, 0.1) is 5.92 Å². The van der Waals surface area contributed by atoms with Crippen LogP contribution < -0.4 is 20.1 Å². The van der Waals surface area contributed by atoms with Crippen LogP contribution in [0.1, 0.15) is 25.3 Å². The maximum Gasteiger partial charge on any atom is 0.306 e. The molecule has 0 aliphatic carbocycles. The van der Waals surface area contributed by atoms with Gasteiger partial charge in [-0.1, -0.05) is 13.0 Å². The summed E-state index contributed by atoms with van der Waals surface area (Å²) in [5, 5.41) is 15.4. The maximum atomic E-state index is 10.9. The third-order valence-electron chi connectivity index (χ3n) is 4.03. The third kappa shape index (κ3) is 7.19. The van der Waals surface area contributed by atoms with Gasteiger partial charge in [-0.2, -0.15) is 0 Å². The van der Waals surface area contributed by atoms with E-state index in [-0.39, 0.29) is 5.92 Å². The van der Waals surface area contributed by atoms with Crippen LogP contribution in [0.4, 0.5) is 0 Å².